The van der Waals surface area contributed by atoms with E-state index in [0.29, 0.717) is 5.70 Å². The highest BCUT2D eigenvalue weighted by atomic mass is 15.1. The number of aliphatic imine (C=N–C) groups is 1. The van der Waals surface area contributed by atoms with Crippen LogP contribution in [0.25, 0.3) is 100 Å². The van der Waals surface area contributed by atoms with Gasteiger partial charge in [0.05, 0.1) is 50.2 Å². The number of allylic oxidation sites excluding steroid dienone is 1. The fraction of sp³-hybridized carbons (Fsp3) is 0.0175. The lowest BCUT2D eigenvalue weighted by Gasteiger charge is -2.12. The van der Waals surface area contributed by atoms with Crippen LogP contribution < -0.4 is 6.15 Å². The summed E-state index contributed by atoms with van der Waals surface area (Å²) in [4.78, 5) is 28.4. The summed E-state index contributed by atoms with van der Waals surface area (Å²) in [6.45, 7) is 12.7. The monoisotopic (exact) mass is 855 g/mol. The fourth-order valence-corrected chi connectivity index (χ4v) is 8.48. The summed E-state index contributed by atoms with van der Waals surface area (Å²) in [5, 5.41) is 2.11. The second-order valence-corrected chi connectivity index (χ2v) is 15.3. The first-order valence-electron chi connectivity index (χ1n) is 21.3. The van der Waals surface area contributed by atoms with Crippen LogP contribution in [0.5, 0.6) is 0 Å². The lowest BCUT2D eigenvalue weighted by Crippen LogP contribution is -2.03. The minimum absolute atomic E-state index is 0. The van der Waals surface area contributed by atoms with Gasteiger partial charge in [0.15, 0.2) is 0 Å². The van der Waals surface area contributed by atoms with Gasteiger partial charge in [-0.15, -0.1) is 0 Å². The summed E-state index contributed by atoms with van der Waals surface area (Å²) < 4.78 is 4.43. The van der Waals surface area contributed by atoms with E-state index in [1.807, 2.05) is 68.1 Å². The van der Waals surface area contributed by atoms with Gasteiger partial charge in [0, 0.05) is 52.9 Å². The van der Waals surface area contributed by atoms with Gasteiger partial charge >= 0.3 is 0 Å². The molecule has 9 nitrogen and oxygen atoms in total. The van der Waals surface area contributed by atoms with E-state index in [0.717, 1.165) is 106 Å². The summed E-state index contributed by atoms with van der Waals surface area (Å²) in [7, 11) is 0. The molecule has 318 valence electrons. The zero-order valence-electron chi connectivity index (χ0n) is 36.5. The van der Waals surface area contributed by atoms with Crippen LogP contribution in [-0.4, -0.2) is 40.3 Å². The van der Waals surface area contributed by atoms with E-state index in [1.165, 1.54) is 0 Å². The number of hydrogen-bond acceptors (Lipinski definition) is 7. The highest BCUT2D eigenvalue weighted by Gasteiger charge is 2.20. The maximum Gasteiger partial charge on any atom is 0.140 e. The number of fused-ring (bicyclic) bond motifs is 6. The molecule has 9 heteroatoms. The van der Waals surface area contributed by atoms with E-state index in [1.54, 1.807) is 12.3 Å². The van der Waals surface area contributed by atoms with Crippen LogP contribution in [0.4, 0.5) is 0 Å². The van der Waals surface area contributed by atoms with E-state index < -0.39 is 0 Å². The number of rotatable bonds is 9. The molecule has 4 aromatic carbocycles. The Bertz CT molecular complexity index is 3410. The minimum atomic E-state index is 0. The van der Waals surface area contributed by atoms with Crippen molar-refractivity contribution in [3.8, 4) is 56.4 Å². The Labute approximate surface area is 382 Å². The van der Waals surface area contributed by atoms with Gasteiger partial charge < -0.3 is 6.15 Å². The molecule has 11 aromatic rings. The first kappa shape index (κ1) is 42.4. The van der Waals surface area contributed by atoms with E-state index in [-0.39, 0.29) is 6.15 Å². The van der Waals surface area contributed by atoms with Gasteiger partial charge in [-0.1, -0.05) is 105 Å². The molecule has 0 aliphatic heterocycles. The molecule has 0 aliphatic rings. The Balaban J connectivity index is 0.000000499. The standard InChI is InChI=1S/C49H31N7.C8H11N.H3N/c1-3-14-36(40-16-5-7-26-50-40)34(12-1)32-22-24-42-38(30-32)48-44(18-10-28-52-48)55(42)46-20-9-21-47(54-46)56-43-25-23-33(31-39(43)49-45(56)19-11-29-53-49)35-13-2-4-15-37(35)41-17-6-8-27-51-41;1-5-7(3)8(4)9-6-2;/h1-31H;5-6H,1,3-4H2,2H3;1H3. The van der Waals surface area contributed by atoms with Crippen LogP contribution in [0.2, 0.25) is 0 Å². The Morgan fingerprint density at radius 1 is 0.485 bits per heavy atom. The molecule has 0 bridgehead atoms. The molecule has 0 fully saturated rings. The second-order valence-electron chi connectivity index (χ2n) is 15.3. The molecule has 3 N–H and O–H groups in total. The first-order valence-corrected chi connectivity index (χ1v) is 21.3. The number of pyridine rings is 5. The fourth-order valence-electron chi connectivity index (χ4n) is 8.48. The SMILES string of the molecule is C=CC(=C)C(=C)N=CC.N.c1ccc(-c2ccccc2-c2ccc3c(c2)c2ncccc2n3-c2cccc(-n3c4ccc(-c5ccccc5-c5ccccn5)cc4c4ncccc43)n2)nc1. The van der Waals surface area contributed by atoms with E-state index in [2.05, 4.69) is 171 Å². The molecule has 0 saturated heterocycles. The molecule has 0 amide bonds. The first-order chi connectivity index (χ1) is 32.0. The molecule has 11 rings (SSSR count). The molecule has 7 aromatic heterocycles. The number of benzene rings is 4. The molecule has 0 aliphatic carbocycles. The predicted molar refractivity (Wildman–Crippen MR) is 274 cm³/mol. The molecular formula is C57H45N9. The predicted octanol–water partition coefficient (Wildman–Crippen LogP) is 14.0. The Hall–Kier alpha value is -8.92. The summed E-state index contributed by atoms with van der Waals surface area (Å²) in [5.74, 6) is 1.61. The highest BCUT2D eigenvalue weighted by Crippen LogP contribution is 2.39. The average molecular weight is 856 g/mol. The molecule has 0 radical (unpaired) electrons. The number of hydrogen-bond donors (Lipinski definition) is 1. The topological polar surface area (TPSA) is 122 Å². The van der Waals surface area contributed by atoms with Crippen molar-refractivity contribution in [3.05, 3.63) is 226 Å². The zero-order valence-corrected chi connectivity index (χ0v) is 36.5. The highest BCUT2D eigenvalue weighted by molar-refractivity contribution is 6.10. The minimum Gasteiger partial charge on any atom is -0.344 e. The third-order valence-electron chi connectivity index (χ3n) is 11.5. The van der Waals surface area contributed by atoms with Crippen molar-refractivity contribution in [2.75, 3.05) is 0 Å². The molecule has 7 heterocycles. The molecule has 0 atom stereocenters. The van der Waals surface area contributed by atoms with Crippen molar-refractivity contribution >= 4 is 50.1 Å². The van der Waals surface area contributed by atoms with Crippen LogP contribution in [0.3, 0.4) is 0 Å². The molecule has 0 unspecified atom stereocenters. The van der Waals surface area contributed by atoms with Gasteiger partial charge in [-0.3, -0.25) is 34.1 Å². The van der Waals surface area contributed by atoms with Crippen molar-refractivity contribution in [1.82, 2.24) is 40.2 Å². The third kappa shape index (κ3) is 7.76. The molecule has 0 spiro atoms. The zero-order chi connectivity index (χ0) is 44.3. The smallest absolute Gasteiger partial charge is 0.140 e. The van der Waals surface area contributed by atoms with E-state index in [9.17, 15) is 0 Å². The van der Waals surface area contributed by atoms with Crippen LogP contribution in [-0.2, 0) is 0 Å². The lowest BCUT2D eigenvalue weighted by atomic mass is 9.96. The molecule has 66 heavy (non-hydrogen) atoms. The van der Waals surface area contributed by atoms with Crippen LogP contribution in [0, 0.1) is 0 Å². The maximum absolute atomic E-state index is 5.38. The van der Waals surface area contributed by atoms with Gasteiger partial charge in [0.1, 0.15) is 11.6 Å². The van der Waals surface area contributed by atoms with Crippen LogP contribution >= 0.6 is 0 Å². The largest absolute Gasteiger partial charge is 0.344 e. The maximum atomic E-state index is 5.38. The lowest BCUT2D eigenvalue weighted by molar-refractivity contribution is 1.01. The molecular weight excluding hydrogens is 811 g/mol. The van der Waals surface area contributed by atoms with Crippen molar-refractivity contribution in [3.63, 3.8) is 0 Å². The Morgan fingerprint density at radius 3 is 1.38 bits per heavy atom. The normalized spacial score (nSPS) is 11.1. The number of aromatic nitrogens is 7. The second kappa shape index (κ2) is 18.4. The quantitative estimate of drug-likeness (QED) is 0.114. The van der Waals surface area contributed by atoms with Crippen molar-refractivity contribution < 1.29 is 0 Å². The number of nitrogens with zero attached hydrogens (tertiary/aromatic N) is 8. The third-order valence-corrected chi connectivity index (χ3v) is 11.5. The molecule has 0 saturated carbocycles. The van der Waals surface area contributed by atoms with Crippen LogP contribution in [0.15, 0.2) is 231 Å². The van der Waals surface area contributed by atoms with Crippen LogP contribution in [0.1, 0.15) is 6.92 Å². The van der Waals surface area contributed by atoms with Crippen molar-refractivity contribution in [2.24, 2.45) is 4.99 Å². The summed E-state index contributed by atoms with van der Waals surface area (Å²) >= 11 is 0. The van der Waals surface area contributed by atoms with Crippen molar-refractivity contribution in [2.45, 2.75) is 6.92 Å². The van der Waals surface area contributed by atoms with Gasteiger partial charge in [-0.25, -0.2) is 4.98 Å². The van der Waals surface area contributed by atoms with Gasteiger partial charge in [0.2, 0.25) is 0 Å². The Morgan fingerprint density at radius 2 is 0.939 bits per heavy atom. The van der Waals surface area contributed by atoms with Gasteiger partial charge in [0.25, 0.3) is 0 Å². The summed E-state index contributed by atoms with van der Waals surface area (Å²) in [5.41, 5.74) is 15.8. The average Bonchev–Trinajstić information content (AvgIpc) is 3.89. The van der Waals surface area contributed by atoms with Crippen molar-refractivity contribution in [1.29, 1.82) is 0 Å². The van der Waals surface area contributed by atoms with E-state index >= 15 is 0 Å². The van der Waals surface area contributed by atoms with E-state index in [4.69, 9.17) is 15.0 Å². The van der Waals surface area contributed by atoms with Gasteiger partial charge in [-0.05, 0) is 120 Å². The summed E-state index contributed by atoms with van der Waals surface area (Å²) in [6.07, 6.45) is 10.7. The Kier molecular flexibility index (Phi) is 11.8. The summed E-state index contributed by atoms with van der Waals surface area (Å²) in [6, 6.07) is 56.6. The van der Waals surface area contributed by atoms with Gasteiger partial charge in [-0.2, -0.15) is 0 Å².